The van der Waals surface area contributed by atoms with Crippen molar-refractivity contribution in [3.8, 4) is 0 Å². The van der Waals surface area contributed by atoms with E-state index in [0.717, 1.165) is 13.2 Å². The van der Waals surface area contributed by atoms with Gasteiger partial charge in [0, 0.05) is 13.2 Å². The lowest BCUT2D eigenvalue weighted by molar-refractivity contribution is 0.132. The Hall–Kier alpha value is -0.0800. The van der Waals surface area contributed by atoms with E-state index in [1.54, 1.807) is 0 Å². The third-order valence-electron chi connectivity index (χ3n) is 1.89. The highest BCUT2D eigenvalue weighted by molar-refractivity contribution is 4.64. The summed E-state index contributed by atoms with van der Waals surface area (Å²) in [5.74, 6) is 0. The molecule has 0 amide bonds. The average molecular weight is 142 g/mol. The average Bonchev–Trinajstić information content (AvgIpc) is 2.41. The molecule has 0 saturated carbocycles. The van der Waals surface area contributed by atoms with Crippen molar-refractivity contribution in [2.45, 2.75) is 12.8 Å². The van der Waals surface area contributed by atoms with Crippen LogP contribution in [0.4, 0.5) is 0 Å². The van der Waals surface area contributed by atoms with Crippen molar-refractivity contribution in [1.29, 1.82) is 0 Å². The molecule has 1 aliphatic rings. The predicted molar refractivity (Wildman–Crippen MR) is 41.9 cm³/mol. The normalized spacial score (nSPS) is 20.1. The molecule has 1 rings (SSSR count). The van der Waals surface area contributed by atoms with E-state index in [1.807, 2.05) is 0 Å². The van der Waals surface area contributed by atoms with Crippen LogP contribution in [0.1, 0.15) is 12.8 Å². The first-order valence-electron chi connectivity index (χ1n) is 4.03. The Morgan fingerprint density at radius 3 is 2.60 bits per heavy atom. The molecule has 0 spiro atoms. The molecule has 1 aliphatic heterocycles. The smallest absolute Gasteiger partial charge is 0.0593 e. The van der Waals surface area contributed by atoms with Crippen LogP contribution in [-0.2, 0) is 4.74 Å². The molecule has 1 radical (unpaired) electrons. The molecule has 2 nitrogen and oxygen atoms in total. The molecule has 0 unspecified atom stereocenters. The Morgan fingerprint density at radius 2 is 2.00 bits per heavy atom. The second-order valence-electron chi connectivity index (χ2n) is 2.66. The molecule has 0 bridgehead atoms. The zero-order valence-electron chi connectivity index (χ0n) is 6.51. The van der Waals surface area contributed by atoms with E-state index in [0.29, 0.717) is 6.61 Å². The fourth-order valence-electron chi connectivity index (χ4n) is 1.30. The van der Waals surface area contributed by atoms with E-state index >= 15 is 0 Å². The lowest BCUT2D eigenvalue weighted by atomic mass is 10.4. The monoisotopic (exact) mass is 142 g/mol. The van der Waals surface area contributed by atoms with Crippen molar-refractivity contribution >= 4 is 0 Å². The Labute approximate surface area is 63.2 Å². The minimum atomic E-state index is 0.605. The van der Waals surface area contributed by atoms with Gasteiger partial charge in [-0.05, 0) is 32.9 Å². The topological polar surface area (TPSA) is 12.5 Å². The van der Waals surface area contributed by atoms with Crippen LogP contribution >= 0.6 is 0 Å². The van der Waals surface area contributed by atoms with E-state index in [1.165, 1.54) is 25.9 Å². The summed E-state index contributed by atoms with van der Waals surface area (Å²) in [5, 5.41) is 0. The molecule has 1 fully saturated rings. The molecule has 59 valence electrons. The molecule has 0 atom stereocenters. The Morgan fingerprint density at radius 1 is 1.30 bits per heavy atom. The zero-order chi connectivity index (χ0) is 7.23. The van der Waals surface area contributed by atoms with Gasteiger partial charge in [0.1, 0.15) is 0 Å². The van der Waals surface area contributed by atoms with Crippen LogP contribution in [0.15, 0.2) is 0 Å². The minimum Gasteiger partial charge on any atom is -0.380 e. The zero-order valence-corrected chi connectivity index (χ0v) is 6.51. The van der Waals surface area contributed by atoms with Gasteiger partial charge in [-0.2, -0.15) is 0 Å². The van der Waals surface area contributed by atoms with Gasteiger partial charge in [-0.25, -0.2) is 0 Å². The van der Waals surface area contributed by atoms with E-state index in [2.05, 4.69) is 11.8 Å². The molecular weight excluding hydrogens is 126 g/mol. The second-order valence-corrected chi connectivity index (χ2v) is 2.66. The van der Waals surface area contributed by atoms with Crippen molar-refractivity contribution in [3.63, 3.8) is 0 Å². The van der Waals surface area contributed by atoms with Crippen molar-refractivity contribution in [2.75, 3.05) is 32.8 Å². The summed E-state index contributed by atoms with van der Waals surface area (Å²) in [6.45, 7) is 8.69. The maximum absolute atomic E-state index is 5.14. The number of hydrogen-bond donors (Lipinski definition) is 0. The molecule has 0 aromatic heterocycles. The number of ether oxygens (including phenoxy) is 1. The number of likely N-dealkylation sites (tertiary alicyclic amines) is 1. The van der Waals surface area contributed by atoms with Crippen LogP contribution in [0.5, 0.6) is 0 Å². The fourth-order valence-corrected chi connectivity index (χ4v) is 1.30. The first kappa shape index (κ1) is 8.02. The van der Waals surface area contributed by atoms with Gasteiger partial charge < -0.3 is 9.64 Å². The molecule has 0 aromatic carbocycles. The third-order valence-corrected chi connectivity index (χ3v) is 1.89. The maximum atomic E-state index is 5.14. The lowest BCUT2D eigenvalue weighted by Gasteiger charge is -2.13. The molecule has 0 aromatic rings. The van der Waals surface area contributed by atoms with Crippen LogP contribution in [0.3, 0.4) is 0 Å². The summed E-state index contributed by atoms with van der Waals surface area (Å²) in [6.07, 6.45) is 2.73. The maximum Gasteiger partial charge on any atom is 0.0593 e. The lowest BCUT2D eigenvalue weighted by Crippen LogP contribution is -2.23. The summed E-state index contributed by atoms with van der Waals surface area (Å²) in [5.41, 5.74) is 0. The van der Waals surface area contributed by atoms with E-state index < -0.39 is 0 Å². The summed E-state index contributed by atoms with van der Waals surface area (Å²) >= 11 is 0. The number of rotatable bonds is 4. The first-order valence-corrected chi connectivity index (χ1v) is 4.03. The van der Waals surface area contributed by atoms with E-state index in [9.17, 15) is 0 Å². The Balaban J connectivity index is 1.91. The van der Waals surface area contributed by atoms with Crippen molar-refractivity contribution in [1.82, 2.24) is 4.90 Å². The molecule has 0 aliphatic carbocycles. The number of nitrogens with zero attached hydrogens (tertiary/aromatic N) is 1. The summed E-state index contributed by atoms with van der Waals surface area (Å²) < 4.78 is 5.14. The standard InChI is InChI=1S/C8H16NO/c1-2-10-8-7-9-5-3-4-6-9/h1-8H2. The highest BCUT2D eigenvalue weighted by Gasteiger charge is 2.09. The van der Waals surface area contributed by atoms with Gasteiger partial charge >= 0.3 is 0 Å². The largest absolute Gasteiger partial charge is 0.380 e. The third kappa shape index (κ3) is 2.67. The molecule has 1 heterocycles. The Kier molecular flexibility index (Phi) is 3.76. The molecule has 2 heteroatoms. The summed E-state index contributed by atoms with van der Waals surface area (Å²) in [7, 11) is 0. The van der Waals surface area contributed by atoms with Crippen LogP contribution < -0.4 is 0 Å². The van der Waals surface area contributed by atoms with Crippen molar-refractivity contribution < 1.29 is 4.74 Å². The van der Waals surface area contributed by atoms with Gasteiger partial charge in [0.2, 0.25) is 0 Å². The Bertz CT molecular complexity index is 79.3. The summed E-state index contributed by atoms with van der Waals surface area (Å²) in [4.78, 5) is 2.44. The highest BCUT2D eigenvalue weighted by atomic mass is 16.5. The van der Waals surface area contributed by atoms with E-state index in [4.69, 9.17) is 4.74 Å². The van der Waals surface area contributed by atoms with Crippen molar-refractivity contribution in [2.24, 2.45) is 0 Å². The van der Waals surface area contributed by atoms with Gasteiger partial charge in [0.05, 0.1) is 6.61 Å². The summed E-state index contributed by atoms with van der Waals surface area (Å²) in [6, 6.07) is 0. The number of hydrogen-bond acceptors (Lipinski definition) is 2. The van der Waals surface area contributed by atoms with Crippen LogP contribution in [0.25, 0.3) is 0 Å². The SMILES string of the molecule is [CH2]COCCN1CCCC1. The van der Waals surface area contributed by atoms with E-state index in [-0.39, 0.29) is 0 Å². The molecule has 10 heavy (non-hydrogen) atoms. The van der Waals surface area contributed by atoms with Gasteiger partial charge in [-0.3, -0.25) is 0 Å². The van der Waals surface area contributed by atoms with Gasteiger partial charge in [-0.15, -0.1) is 0 Å². The molecule has 0 N–H and O–H groups in total. The predicted octanol–water partition coefficient (Wildman–Crippen LogP) is 0.933. The van der Waals surface area contributed by atoms with Gasteiger partial charge in [0.25, 0.3) is 0 Å². The fraction of sp³-hybridized carbons (Fsp3) is 0.875. The minimum absolute atomic E-state index is 0.605. The highest BCUT2D eigenvalue weighted by Crippen LogP contribution is 2.05. The van der Waals surface area contributed by atoms with Crippen molar-refractivity contribution in [3.05, 3.63) is 6.92 Å². The molecule has 1 saturated heterocycles. The van der Waals surface area contributed by atoms with Crippen LogP contribution in [0.2, 0.25) is 0 Å². The van der Waals surface area contributed by atoms with Gasteiger partial charge in [-0.1, -0.05) is 0 Å². The molecular formula is C8H16NO. The second kappa shape index (κ2) is 4.69. The van der Waals surface area contributed by atoms with Crippen LogP contribution in [-0.4, -0.2) is 37.7 Å². The van der Waals surface area contributed by atoms with Gasteiger partial charge in [0.15, 0.2) is 0 Å². The van der Waals surface area contributed by atoms with Crippen LogP contribution in [0, 0.1) is 6.92 Å². The first-order chi connectivity index (χ1) is 4.93. The quantitative estimate of drug-likeness (QED) is 0.541.